The van der Waals surface area contributed by atoms with Crippen LogP contribution in [0.5, 0.6) is 0 Å². The van der Waals surface area contributed by atoms with Gasteiger partial charge in [0.2, 0.25) is 5.28 Å². The van der Waals surface area contributed by atoms with E-state index in [4.69, 9.17) is 11.6 Å². The molecular weight excluding hydrogens is 342 g/mol. The van der Waals surface area contributed by atoms with Gasteiger partial charge in [0.05, 0.1) is 5.69 Å². The van der Waals surface area contributed by atoms with Gasteiger partial charge in [-0.25, -0.2) is 4.98 Å². The fourth-order valence-corrected chi connectivity index (χ4v) is 3.21. The van der Waals surface area contributed by atoms with E-state index in [1.165, 1.54) is 0 Å². The Labute approximate surface area is 158 Å². The van der Waals surface area contributed by atoms with Gasteiger partial charge in [0, 0.05) is 23.0 Å². The molecule has 0 unspecified atom stereocenters. The maximum atomic E-state index is 6.28. The van der Waals surface area contributed by atoms with Crippen molar-refractivity contribution in [3.8, 4) is 11.3 Å². The van der Waals surface area contributed by atoms with Gasteiger partial charge >= 0.3 is 0 Å². The van der Waals surface area contributed by atoms with Crippen molar-refractivity contribution < 1.29 is 0 Å². The molecule has 26 heavy (non-hydrogen) atoms. The van der Waals surface area contributed by atoms with E-state index in [2.05, 4.69) is 45.2 Å². The lowest BCUT2D eigenvalue weighted by molar-refractivity contribution is 0.986. The molecule has 0 atom stereocenters. The number of aromatic nitrogens is 2. The van der Waals surface area contributed by atoms with Crippen molar-refractivity contribution in [3.63, 3.8) is 0 Å². The quantitative estimate of drug-likeness (QED) is 0.521. The van der Waals surface area contributed by atoms with Crippen molar-refractivity contribution in [2.24, 2.45) is 0 Å². The Morgan fingerprint density at radius 3 is 2.27 bits per heavy atom. The molecule has 1 heterocycles. The highest BCUT2D eigenvalue weighted by Gasteiger charge is 2.17. The van der Waals surface area contributed by atoms with E-state index in [1.54, 1.807) is 0 Å². The molecule has 0 fully saturated rings. The summed E-state index contributed by atoms with van der Waals surface area (Å²) in [7, 11) is 0. The Kier molecular flexibility index (Phi) is 4.80. The lowest BCUT2D eigenvalue weighted by Gasteiger charge is -2.26. The Hall–Kier alpha value is -2.91. The molecule has 3 aromatic rings. The fraction of sp³-hybridized carbons (Fsp3) is 0.0909. The highest BCUT2D eigenvalue weighted by atomic mass is 35.5. The molecule has 0 aliphatic heterocycles. The Bertz CT molecular complexity index is 950. The van der Waals surface area contributed by atoms with E-state index in [-0.39, 0.29) is 5.28 Å². The van der Waals surface area contributed by atoms with Gasteiger partial charge in [0.15, 0.2) is 0 Å². The molecule has 0 N–H and O–H groups in total. The summed E-state index contributed by atoms with van der Waals surface area (Å²) in [4.78, 5) is 11.1. The first-order chi connectivity index (χ1) is 12.8. The standard InChI is InChI=1S/C22H18ClN3/c23-22-24-20(17-10-4-1-5-11-17)16-21(25-22)26(18-12-6-2-7-13-18)19-14-8-3-9-15-19/h1-2,4-8,10-16H,3,9H2. The monoisotopic (exact) mass is 359 g/mol. The third-order valence-corrected chi connectivity index (χ3v) is 4.40. The first kappa shape index (κ1) is 16.6. The van der Waals surface area contributed by atoms with Crippen LogP contribution in [0.15, 0.2) is 90.7 Å². The average Bonchev–Trinajstić information content (AvgIpc) is 2.70. The minimum atomic E-state index is 0.239. The predicted octanol–water partition coefficient (Wildman–Crippen LogP) is 6.17. The SMILES string of the molecule is Clc1nc(-c2ccccc2)cc(N(C2=CCCC=C2)c2ccccc2)n1. The zero-order valence-electron chi connectivity index (χ0n) is 14.2. The molecule has 1 aliphatic carbocycles. The summed E-state index contributed by atoms with van der Waals surface area (Å²) in [6.07, 6.45) is 8.62. The van der Waals surface area contributed by atoms with Gasteiger partial charge in [-0.2, -0.15) is 4.98 Å². The molecular formula is C22H18ClN3. The molecule has 3 nitrogen and oxygen atoms in total. The molecule has 0 saturated carbocycles. The number of para-hydroxylation sites is 1. The third-order valence-electron chi connectivity index (χ3n) is 4.23. The van der Waals surface area contributed by atoms with Crippen molar-refractivity contribution in [2.75, 3.05) is 4.90 Å². The topological polar surface area (TPSA) is 29.0 Å². The molecule has 0 amide bonds. The molecule has 0 radical (unpaired) electrons. The smallest absolute Gasteiger partial charge is 0.224 e. The largest absolute Gasteiger partial charge is 0.295 e. The maximum Gasteiger partial charge on any atom is 0.224 e. The van der Waals surface area contributed by atoms with Gasteiger partial charge in [0.25, 0.3) is 0 Å². The van der Waals surface area contributed by atoms with Crippen molar-refractivity contribution in [3.05, 3.63) is 95.9 Å². The van der Waals surface area contributed by atoms with Crippen LogP contribution < -0.4 is 4.90 Å². The average molecular weight is 360 g/mol. The lowest BCUT2D eigenvalue weighted by Crippen LogP contribution is -2.18. The molecule has 1 aliphatic rings. The first-order valence-electron chi connectivity index (χ1n) is 8.63. The number of nitrogens with zero attached hydrogens (tertiary/aromatic N) is 3. The van der Waals surface area contributed by atoms with E-state index in [1.807, 2.05) is 54.6 Å². The summed E-state index contributed by atoms with van der Waals surface area (Å²) >= 11 is 6.28. The van der Waals surface area contributed by atoms with Gasteiger partial charge in [-0.1, -0.05) is 60.7 Å². The Morgan fingerprint density at radius 1 is 0.846 bits per heavy atom. The number of benzene rings is 2. The van der Waals surface area contributed by atoms with E-state index >= 15 is 0 Å². The molecule has 2 aromatic carbocycles. The number of allylic oxidation sites excluding steroid dienone is 3. The van der Waals surface area contributed by atoms with Crippen LogP contribution in [0, 0.1) is 0 Å². The minimum Gasteiger partial charge on any atom is -0.295 e. The molecule has 0 bridgehead atoms. The third kappa shape index (κ3) is 3.53. The van der Waals surface area contributed by atoms with Gasteiger partial charge in [-0.15, -0.1) is 0 Å². The van der Waals surface area contributed by atoms with E-state index in [0.29, 0.717) is 0 Å². The van der Waals surface area contributed by atoms with Gasteiger partial charge in [-0.3, -0.25) is 4.90 Å². The van der Waals surface area contributed by atoms with E-state index in [0.717, 1.165) is 41.3 Å². The normalized spacial score (nSPS) is 13.3. The highest BCUT2D eigenvalue weighted by molar-refractivity contribution is 6.28. The molecule has 0 saturated heterocycles. The summed E-state index contributed by atoms with van der Waals surface area (Å²) < 4.78 is 0. The summed E-state index contributed by atoms with van der Waals surface area (Å²) in [6, 6.07) is 22.2. The maximum absolute atomic E-state index is 6.28. The van der Waals surface area contributed by atoms with Crippen molar-refractivity contribution in [2.45, 2.75) is 12.8 Å². The second kappa shape index (κ2) is 7.54. The molecule has 128 valence electrons. The van der Waals surface area contributed by atoms with Crippen LogP contribution in [-0.2, 0) is 0 Å². The van der Waals surface area contributed by atoms with Crippen LogP contribution in [0.4, 0.5) is 11.5 Å². The number of halogens is 1. The van der Waals surface area contributed by atoms with Crippen LogP contribution in [0.1, 0.15) is 12.8 Å². The zero-order valence-corrected chi connectivity index (χ0v) is 15.0. The van der Waals surface area contributed by atoms with Gasteiger partial charge in [-0.05, 0) is 42.7 Å². The van der Waals surface area contributed by atoms with Crippen LogP contribution in [0.3, 0.4) is 0 Å². The number of anilines is 2. The Balaban J connectivity index is 1.85. The fourth-order valence-electron chi connectivity index (χ4n) is 3.03. The molecule has 4 heteroatoms. The number of rotatable bonds is 4. The highest BCUT2D eigenvalue weighted by Crippen LogP contribution is 2.33. The predicted molar refractivity (Wildman–Crippen MR) is 108 cm³/mol. The summed E-state index contributed by atoms with van der Waals surface area (Å²) in [6.45, 7) is 0. The van der Waals surface area contributed by atoms with E-state index in [9.17, 15) is 0 Å². The first-order valence-corrected chi connectivity index (χ1v) is 9.01. The van der Waals surface area contributed by atoms with E-state index < -0.39 is 0 Å². The summed E-state index contributed by atoms with van der Waals surface area (Å²) in [5, 5.41) is 0.239. The molecule has 0 spiro atoms. The zero-order chi connectivity index (χ0) is 17.8. The lowest BCUT2D eigenvalue weighted by atomic mass is 10.1. The van der Waals surface area contributed by atoms with Gasteiger partial charge < -0.3 is 0 Å². The Morgan fingerprint density at radius 2 is 1.58 bits per heavy atom. The second-order valence-corrected chi connectivity index (χ2v) is 6.36. The summed E-state index contributed by atoms with van der Waals surface area (Å²) in [5.41, 5.74) is 3.96. The second-order valence-electron chi connectivity index (χ2n) is 6.03. The van der Waals surface area contributed by atoms with Crippen LogP contribution in [0.25, 0.3) is 11.3 Å². The number of hydrogen-bond acceptors (Lipinski definition) is 3. The molecule has 4 rings (SSSR count). The van der Waals surface area contributed by atoms with Crippen LogP contribution in [-0.4, -0.2) is 9.97 Å². The van der Waals surface area contributed by atoms with Crippen molar-refractivity contribution >= 4 is 23.1 Å². The molecule has 1 aromatic heterocycles. The minimum absolute atomic E-state index is 0.239. The van der Waals surface area contributed by atoms with Crippen LogP contribution >= 0.6 is 11.6 Å². The van der Waals surface area contributed by atoms with Crippen LogP contribution in [0.2, 0.25) is 5.28 Å². The van der Waals surface area contributed by atoms with Crippen molar-refractivity contribution in [1.82, 2.24) is 9.97 Å². The summed E-state index contributed by atoms with van der Waals surface area (Å²) in [5.74, 6) is 0.757. The number of hydrogen-bond donors (Lipinski definition) is 0. The van der Waals surface area contributed by atoms with Crippen molar-refractivity contribution in [1.29, 1.82) is 0 Å². The van der Waals surface area contributed by atoms with Gasteiger partial charge in [0.1, 0.15) is 5.82 Å².